The number of ether oxygens (including phenoxy) is 2. The Morgan fingerprint density at radius 3 is 2.93 bits per heavy atom. The second-order valence-electron chi connectivity index (χ2n) is 2.60. The summed E-state index contributed by atoms with van der Waals surface area (Å²) < 4.78 is 23.0. The molecule has 0 atom stereocenters. The van der Waals surface area contributed by atoms with Crippen molar-refractivity contribution in [2.75, 3.05) is 20.3 Å². The molecule has 15 heavy (non-hydrogen) atoms. The van der Waals surface area contributed by atoms with E-state index in [1.54, 1.807) is 0 Å². The van der Waals surface area contributed by atoms with E-state index in [4.69, 9.17) is 15.0 Å². The maximum Gasteiger partial charge on any atom is 0.164 e. The number of hydrogen-bond acceptors (Lipinski definition) is 3. The van der Waals surface area contributed by atoms with Gasteiger partial charge >= 0.3 is 0 Å². The predicted molar refractivity (Wildman–Crippen MR) is 52.5 cm³/mol. The van der Waals surface area contributed by atoms with Crippen LogP contribution in [0.2, 0.25) is 0 Å². The molecule has 0 heterocycles. The molecule has 1 rings (SSSR count). The summed E-state index contributed by atoms with van der Waals surface area (Å²) in [6.07, 6.45) is 0. The van der Waals surface area contributed by atoms with Crippen LogP contribution in [0.4, 0.5) is 4.39 Å². The zero-order valence-electron chi connectivity index (χ0n) is 8.18. The van der Waals surface area contributed by atoms with Crippen molar-refractivity contribution >= 4 is 0 Å². The predicted octanol–water partition coefficient (Wildman–Crippen LogP) is 2.52. The SMILES string of the molecule is COc1ccc(F)cc1OCCN=[N+]=[N-]. The van der Waals surface area contributed by atoms with E-state index in [1.807, 2.05) is 0 Å². The molecule has 5 nitrogen and oxygen atoms in total. The summed E-state index contributed by atoms with van der Waals surface area (Å²) in [5.41, 5.74) is 8.03. The van der Waals surface area contributed by atoms with Gasteiger partial charge in [-0.05, 0) is 17.7 Å². The minimum Gasteiger partial charge on any atom is -0.493 e. The number of rotatable bonds is 5. The maximum absolute atomic E-state index is 12.8. The molecule has 0 amide bonds. The molecule has 0 spiro atoms. The Balaban J connectivity index is 2.65. The second kappa shape index (κ2) is 5.72. The third kappa shape index (κ3) is 3.36. The van der Waals surface area contributed by atoms with E-state index >= 15 is 0 Å². The number of azide groups is 1. The van der Waals surface area contributed by atoms with Crippen LogP contribution in [0.5, 0.6) is 11.5 Å². The summed E-state index contributed by atoms with van der Waals surface area (Å²) >= 11 is 0. The normalized spacial score (nSPS) is 9.20. The Morgan fingerprint density at radius 2 is 2.27 bits per heavy atom. The molecular formula is C9H10FN3O2. The van der Waals surface area contributed by atoms with Gasteiger partial charge in [-0.15, -0.1) is 0 Å². The van der Waals surface area contributed by atoms with Crippen LogP contribution in [-0.2, 0) is 0 Å². The maximum atomic E-state index is 12.8. The molecule has 0 unspecified atom stereocenters. The smallest absolute Gasteiger partial charge is 0.164 e. The molecular weight excluding hydrogens is 201 g/mol. The highest BCUT2D eigenvalue weighted by Crippen LogP contribution is 2.27. The molecule has 0 saturated heterocycles. The number of hydrogen-bond donors (Lipinski definition) is 0. The van der Waals surface area contributed by atoms with Gasteiger partial charge in [0, 0.05) is 11.0 Å². The summed E-state index contributed by atoms with van der Waals surface area (Å²) in [6, 6.07) is 3.96. The van der Waals surface area contributed by atoms with Crippen LogP contribution >= 0.6 is 0 Å². The summed E-state index contributed by atoms with van der Waals surface area (Å²) in [4.78, 5) is 2.57. The van der Waals surface area contributed by atoms with Crippen molar-refractivity contribution in [1.29, 1.82) is 0 Å². The quantitative estimate of drug-likeness (QED) is 0.325. The highest BCUT2D eigenvalue weighted by Gasteiger charge is 2.04. The average Bonchev–Trinajstić information content (AvgIpc) is 2.25. The van der Waals surface area contributed by atoms with Crippen LogP contribution < -0.4 is 9.47 Å². The fourth-order valence-corrected chi connectivity index (χ4v) is 1.00. The number of benzene rings is 1. The van der Waals surface area contributed by atoms with Gasteiger partial charge in [-0.25, -0.2) is 4.39 Å². The van der Waals surface area contributed by atoms with Crippen LogP contribution in [-0.4, -0.2) is 20.3 Å². The molecule has 1 aromatic carbocycles. The van der Waals surface area contributed by atoms with Gasteiger partial charge in [0.1, 0.15) is 5.82 Å². The first-order chi connectivity index (χ1) is 7.27. The van der Waals surface area contributed by atoms with E-state index in [0.29, 0.717) is 11.5 Å². The first-order valence-electron chi connectivity index (χ1n) is 4.25. The van der Waals surface area contributed by atoms with Gasteiger partial charge in [-0.1, -0.05) is 5.11 Å². The van der Waals surface area contributed by atoms with Gasteiger partial charge in [0.05, 0.1) is 20.3 Å². The molecule has 0 aliphatic carbocycles. The lowest BCUT2D eigenvalue weighted by molar-refractivity contribution is 0.300. The summed E-state index contributed by atoms with van der Waals surface area (Å²) in [5, 5.41) is 3.29. The monoisotopic (exact) mass is 211 g/mol. The third-order valence-corrected chi connectivity index (χ3v) is 1.64. The number of methoxy groups -OCH3 is 1. The largest absolute Gasteiger partial charge is 0.493 e. The topological polar surface area (TPSA) is 67.2 Å². The summed E-state index contributed by atoms with van der Waals surface area (Å²) in [7, 11) is 1.47. The van der Waals surface area contributed by atoms with Crippen LogP contribution in [0, 0.1) is 5.82 Å². The van der Waals surface area contributed by atoms with Crippen molar-refractivity contribution in [1.82, 2.24) is 0 Å². The van der Waals surface area contributed by atoms with E-state index in [1.165, 1.54) is 25.3 Å². The minimum atomic E-state index is -0.408. The molecule has 1 aromatic rings. The minimum absolute atomic E-state index is 0.184. The molecule has 0 bridgehead atoms. The van der Waals surface area contributed by atoms with Gasteiger partial charge in [0.15, 0.2) is 11.5 Å². The molecule has 0 aromatic heterocycles. The Morgan fingerprint density at radius 1 is 1.47 bits per heavy atom. The van der Waals surface area contributed by atoms with Crippen molar-refractivity contribution in [3.8, 4) is 11.5 Å². The summed E-state index contributed by atoms with van der Waals surface area (Å²) in [5.74, 6) is 0.331. The zero-order valence-corrected chi connectivity index (χ0v) is 8.18. The van der Waals surface area contributed by atoms with E-state index < -0.39 is 5.82 Å². The lowest BCUT2D eigenvalue weighted by Crippen LogP contribution is -2.02. The molecule has 0 aliphatic rings. The van der Waals surface area contributed by atoms with Crippen LogP contribution in [0.3, 0.4) is 0 Å². The Bertz CT molecular complexity index is 378. The fraction of sp³-hybridized carbons (Fsp3) is 0.333. The zero-order chi connectivity index (χ0) is 11.1. The van der Waals surface area contributed by atoms with Crippen molar-refractivity contribution in [3.63, 3.8) is 0 Å². The van der Waals surface area contributed by atoms with E-state index in [0.717, 1.165) is 0 Å². The second-order valence-corrected chi connectivity index (χ2v) is 2.60. The average molecular weight is 211 g/mol. The standard InChI is InChI=1S/C9H10FN3O2/c1-14-8-3-2-7(10)6-9(8)15-5-4-12-13-11/h2-3,6H,4-5H2,1H3. The van der Waals surface area contributed by atoms with Gasteiger partial charge in [-0.3, -0.25) is 0 Å². The van der Waals surface area contributed by atoms with E-state index in [-0.39, 0.29) is 13.2 Å². The molecule has 0 saturated carbocycles. The van der Waals surface area contributed by atoms with E-state index in [2.05, 4.69) is 10.0 Å². The number of halogens is 1. The van der Waals surface area contributed by atoms with Gasteiger partial charge in [0.2, 0.25) is 0 Å². The van der Waals surface area contributed by atoms with Gasteiger partial charge in [0.25, 0.3) is 0 Å². The van der Waals surface area contributed by atoms with Gasteiger partial charge < -0.3 is 9.47 Å². The molecule has 0 aliphatic heterocycles. The first kappa shape index (κ1) is 11.1. The van der Waals surface area contributed by atoms with Crippen molar-refractivity contribution in [2.24, 2.45) is 5.11 Å². The lowest BCUT2D eigenvalue weighted by atomic mass is 10.3. The Kier molecular flexibility index (Phi) is 4.25. The molecule has 0 N–H and O–H groups in total. The van der Waals surface area contributed by atoms with Crippen LogP contribution in [0.1, 0.15) is 0 Å². The fourth-order valence-electron chi connectivity index (χ4n) is 1.00. The highest BCUT2D eigenvalue weighted by molar-refractivity contribution is 5.39. The molecule has 0 radical (unpaired) electrons. The van der Waals surface area contributed by atoms with Crippen LogP contribution in [0.15, 0.2) is 23.3 Å². The van der Waals surface area contributed by atoms with E-state index in [9.17, 15) is 4.39 Å². The molecule has 0 fully saturated rings. The Labute approximate surface area is 86.1 Å². The van der Waals surface area contributed by atoms with Crippen molar-refractivity contribution < 1.29 is 13.9 Å². The first-order valence-corrected chi connectivity index (χ1v) is 4.25. The van der Waals surface area contributed by atoms with Gasteiger partial charge in [-0.2, -0.15) is 0 Å². The molecule has 6 heteroatoms. The summed E-state index contributed by atoms with van der Waals surface area (Å²) in [6.45, 7) is 0.375. The third-order valence-electron chi connectivity index (χ3n) is 1.64. The van der Waals surface area contributed by atoms with Crippen LogP contribution in [0.25, 0.3) is 10.4 Å². The van der Waals surface area contributed by atoms with Crippen molar-refractivity contribution in [2.45, 2.75) is 0 Å². The Hall–Kier alpha value is -1.94. The molecule has 80 valence electrons. The highest BCUT2D eigenvalue weighted by atomic mass is 19.1. The number of nitrogens with zero attached hydrogens (tertiary/aromatic N) is 3. The lowest BCUT2D eigenvalue weighted by Gasteiger charge is -2.09. The van der Waals surface area contributed by atoms with Crippen molar-refractivity contribution in [3.05, 3.63) is 34.5 Å².